The molecular formula is C52H97NO10. The Hall–Kier alpha value is -1.67. The Labute approximate surface area is 384 Å². The maximum atomic E-state index is 13.1. The SMILES string of the molecule is CCCCC/C=C/CCCC(O)C(O)C(COC1OC(CO)C(O)C(O)C1O)NC(=O)C(O)CCCCCCCCCCCCCC/C=C\C/C=C\CCCCCCCCCCC. The molecule has 63 heavy (non-hydrogen) atoms. The molecule has 9 atom stereocenters. The third-order valence-electron chi connectivity index (χ3n) is 12.4. The number of unbranched alkanes of at least 4 members (excludes halogenated alkanes) is 25. The molecule has 11 nitrogen and oxygen atoms in total. The summed E-state index contributed by atoms with van der Waals surface area (Å²) in [5, 5.41) is 75.5. The Kier molecular flexibility index (Phi) is 39.3. The van der Waals surface area contributed by atoms with Crippen LogP contribution in [-0.2, 0) is 14.3 Å². The summed E-state index contributed by atoms with van der Waals surface area (Å²) in [7, 11) is 0. The number of nitrogens with one attached hydrogen (secondary N) is 1. The van der Waals surface area contributed by atoms with E-state index in [1.807, 2.05) is 0 Å². The highest BCUT2D eigenvalue weighted by atomic mass is 16.7. The summed E-state index contributed by atoms with van der Waals surface area (Å²) in [5.41, 5.74) is 0. The first-order valence-electron chi connectivity index (χ1n) is 25.9. The molecule has 1 amide bonds. The number of aliphatic hydroxyl groups is 7. The van der Waals surface area contributed by atoms with Gasteiger partial charge in [0.25, 0.3) is 0 Å². The second-order valence-corrected chi connectivity index (χ2v) is 18.2. The Morgan fingerprint density at radius 1 is 0.556 bits per heavy atom. The molecule has 1 saturated heterocycles. The highest BCUT2D eigenvalue weighted by Crippen LogP contribution is 2.23. The van der Waals surface area contributed by atoms with Gasteiger partial charge in [-0.1, -0.05) is 185 Å². The van der Waals surface area contributed by atoms with E-state index in [4.69, 9.17) is 9.47 Å². The Balaban J connectivity index is 2.24. The van der Waals surface area contributed by atoms with Crippen LogP contribution in [0.5, 0.6) is 0 Å². The molecule has 0 aromatic carbocycles. The van der Waals surface area contributed by atoms with Crippen molar-refractivity contribution in [2.45, 2.75) is 274 Å². The van der Waals surface area contributed by atoms with E-state index in [0.29, 0.717) is 12.8 Å². The fraction of sp³-hybridized carbons (Fsp3) is 0.865. The van der Waals surface area contributed by atoms with Gasteiger partial charge in [0.05, 0.1) is 25.4 Å². The lowest BCUT2D eigenvalue weighted by molar-refractivity contribution is -0.303. The molecule has 1 heterocycles. The first-order valence-corrected chi connectivity index (χ1v) is 25.9. The van der Waals surface area contributed by atoms with Gasteiger partial charge in [-0.05, 0) is 70.6 Å². The second kappa shape index (κ2) is 41.7. The number of amides is 1. The summed E-state index contributed by atoms with van der Waals surface area (Å²) in [4.78, 5) is 13.1. The van der Waals surface area contributed by atoms with Gasteiger partial charge in [0.15, 0.2) is 6.29 Å². The van der Waals surface area contributed by atoms with Crippen molar-refractivity contribution in [3.8, 4) is 0 Å². The van der Waals surface area contributed by atoms with Gasteiger partial charge in [-0.15, -0.1) is 0 Å². The van der Waals surface area contributed by atoms with Crippen LogP contribution in [0.1, 0.15) is 219 Å². The van der Waals surface area contributed by atoms with E-state index in [1.54, 1.807) is 0 Å². The number of carbonyl (C=O) groups excluding carboxylic acids is 1. The first-order chi connectivity index (χ1) is 30.7. The minimum atomic E-state index is -1.67. The molecule has 0 saturated carbocycles. The largest absolute Gasteiger partial charge is 0.394 e. The van der Waals surface area contributed by atoms with Crippen LogP contribution in [0.4, 0.5) is 0 Å². The molecule has 0 radical (unpaired) electrons. The van der Waals surface area contributed by atoms with Crippen molar-refractivity contribution in [2.75, 3.05) is 13.2 Å². The third kappa shape index (κ3) is 31.0. The summed E-state index contributed by atoms with van der Waals surface area (Å²) >= 11 is 0. The average molecular weight is 896 g/mol. The van der Waals surface area contributed by atoms with Crippen molar-refractivity contribution in [3.05, 3.63) is 36.5 Å². The van der Waals surface area contributed by atoms with Crippen LogP contribution < -0.4 is 5.32 Å². The van der Waals surface area contributed by atoms with Gasteiger partial charge in [-0.2, -0.15) is 0 Å². The standard InChI is InChI=1S/C52H97NO10/c1-3-5-7-9-11-13-14-15-16-17-18-19-20-21-22-23-24-25-26-27-28-29-30-31-32-34-36-38-40-45(56)51(61)53-43(42-62-52-50(60)49(59)48(58)46(41-54)63-52)47(57)44(55)39-37-35-33-12-10-8-6-4-2/h12,18-19,21-22,33,43-50,52,54-60H,3-11,13-17,20,23-32,34-42H2,1-2H3,(H,53,61)/b19-18-,22-21-,33-12+. The number of allylic oxidation sites excluding steroid dienone is 6. The zero-order chi connectivity index (χ0) is 46.2. The van der Waals surface area contributed by atoms with Crippen LogP contribution in [0.2, 0.25) is 0 Å². The van der Waals surface area contributed by atoms with Crippen LogP contribution in [0.3, 0.4) is 0 Å². The summed E-state index contributed by atoms with van der Waals surface area (Å²) in [6.07, 6.45) is 38.1. The van der Waals surface area contributed by atoms with Crippen molar-refractivity contribution in [1.29, 1.82) is 0 Å². The molecule has 11 heteroatoms. The summed E-state index contributed by atoms with van der Waals surface area (Å²) < 4.78 is 11.0. The zero-order valence-corrected chi connectivity index (χ0v) is 40.1. The van der Waals surface area contributed by atoms with Gasteiger partial charge < -0.3 is 50.5 Å². The van der Waals surface area contributed by atoms with E-state index in [2.05, 4.69) is 55.6 Å². The molecule has 1 fully saturated rings. The van der Waals surface area contributed by atoms with E-state index >= 15 is 0 Å². The van der Waals surface area contributed by atoms with E-state index in [0.717, 1.165) is 51.4 Å². The smallest absolute Gasteiger partial charge is 0.249 e. The molecule has 370 valence electrons. The van der Waals surface area contributed by atoms with Crippen LogP contribution >= 0.6 is 0 Å². The lowest BCUT2D eigenvalue weighted by Crippen LogP contribution is -2.60. The number of carbonyl (C=O) groups is 1. The molecule has 0 spiro atoms. The Morgan fingerprint density at radius 2 is 0.984 bits per heavy atom. The average Bonchev–Trinajstić information content (AvgIpc) is 3.28. The molecule has 0 aromatic heterocycles. The van der Waals surface area contributed by atoms with Crippen molar-refractivity contribution in [1.82, 2.24) is 5.32 Å². The van der Waals surface area contributed by atoms with Crippen molar-refractivity contribution in [2.24, 2.45) is 0 Å². The van der Waals surface area contributed by atoms with Gasteiger partial charge in [0.2, 0.25) is 5.91 Å². The number of hydrogen-bond acceptors (Lipinski definition) is 10. The minimum absolute atomic E-state index is 0.252. The van der Waals surface area contributed by atoms with Crippen LogP contribution in [0.25, 0.3) is 0 Å². The predicted molar refractivity (Wildman–Crippen MR) is 256 cm³/mol. The number of ether oxygens (including phenoxy) is 2. The zero-order valence-electron chi connectivity index (χ0n) is 40.1. The molecule has 1 aliphatic heterocycles. The summed E-state index contributed by atoms with van der Waals surface area (Å²) in [6, 6.07) is -1.18. The van der Waals surface area contributed by atoms with E-state index in [1.165, 1.54) is 128 Å². The van der Waals surface area contributed by atoms with Crippen LogP contribution in [0, 0.1) is 0 Å². The highest BCUT2D eigenvalue weighted by molar-refractivity contribution is 5.80. The normalized spacial score (nSPS) is 21.4. The molecule has 1 aliphatic rings. The second-order valence-electron chi connectivity index (χ2n) is 18.2. The highest BCUT2D eigenvalue weighted by Gasteiger charge is 2.44. The van der Waals surface area contributed by atoms with Crippen molar-refractivity contribution in [3.63, 3.8) is 0 Å². The predicted octanol–water partition coefficient (Wildman–Crippen LogP) is 9.56. The van der Waals surface area contributed by atoms with Gasteiger partial charge in [-0.3, -0.25) is 4.79 Å². The fourth-order valence-corrected chi connectivity index (χ4v) is 8.12. The molecule has 0 aliphatic carbocycles. The first kappa shape index (κ1) is 59.3. The molecular weight excluding hydrogens is 799 g/mol. The summed E-state index contributed by atoms with van der Waals surface area (Å²) in [5.74, 6) is -0.711. The number of hydrogen-bond donors (Lipinski definition) is 8. The quantitative estimate of drug-likeness (QED) is 0.0216. The van der Waals surface area contributed by atoms with Gasteiger partial charge in [0, 0.05) is 0 Å². The van der Waals surface area contributed by atoms with E-state index in [9.17, 15) is 40.5 Å². The van der Waals surface area contributed by atoms with Crippen molar-refractivity contribution < 1.29 is 50.0 Å². The number of rotatable bonds is 43. The van der Waals surface area contributed by atoms with Crippen LogP contribution in [-0.4, -0.2) is 110 Å². The van der Waals surface area contributed by atoms with Gasteiger partial charge in [-0.25, -0.2) is 0 Å². The number of aliphatic hydroxyl groups excluding tert-OH is 7. The molecule has 0 aromatic rings. The minimum Gasteiger partial charge on any atom is -0.394 e. The molecule has 1 rings (SSSR count). The van der Waals surface area contributed by atoms with Gasteiger partial charge >= 0.3 is 0 Å². The fourth-order valence-electron chi connectivity index (χ4n) is 8.12. The molecule has 9 unspecified atom stereocenters. The maximum Gasteiger partial charge on any atom is 0.249 e. The lowest BCUT2D eigenvalue weighted by atomic mass is 9.98. The third-order valence-corrected chi connectivity index (χ3v) is 12.4. The molecule has 8 N–H and O–H groups in total. The van der Waals surface area contributed by atoms with Gasteiger partial charge in [0.1, 0.15) is 36.6 Å². The Morgan fingerprint density at radius 3 is 1.49 bits per heavy atom. The van der Waals surface area contributed by atoms with Crippen LogP contribution in [0.15, 0.2) is 36.5 Å². The molecule has 0 bridgehead atoms. The van der Waals surface area contributed by atoms with Crippen molar-refractivity contribution >= 4 is 5.91 Å². The monoisotopic (exact) mass is 896 g/mol. The lowest BCUT2D eigenvalue weighted by Gasteiger charge is -2.40. The van der Waals surface area contributed by atoms with E-state index < -0.39 is 74.2 Å². The summed E-state index contributed by atoms with van der Waals surface area (Å²) in [6.45, 7) is 3.36. The topological polar surface area (TPSA) is 189 Å². The van der Waals surface area contributed by atoms with E-state index in [-0.39, 0.29) is 12.8 Å². The Bertz CT molecular complexity index is 1120. The maximum absolute atomic E-state index is 13.1.